The molecule has 6 nitrogen and oxygen atoms in total. The summed E-state index contributed by atoms with van der Waals surface area (Å²) in [5.41, 5.74) is 3.28. The van der Waals surface area contributed by atoms with Gasteiger partial charge in [0.25, 0.3) is 5.56 Å². The number of carbonyl (C=O) groups is 1. The number of ether oxygens (including phenoxy) is 1. The number of amides is 1. The monoisotopic (exact) mass is 409 g/mol. The van der Waals surface area contributed by atoms with E-state index in [4.69, 9.17) is 4.74 Å². The number of carbonyl (C=O) groups excluding carboxylic acids is 1. The molecular weight excluding hydrogens is 378 g/mol. The summed E-state index contributed by atoms with van der Waals surface area (Å²) >= 11 is 0. The maximum Gasteiger partial charge on any atom is 0.255 e. The standard InChI is InChI=1S/C24H31N3O3/c1-25(13-18-6-4-3-5-7-18)16-20-8-9-22-21-12-19(15-27(22)24(20)29)14-26(17-21)23(28)10-11-30-2/h3-9,19,21H,10-17H2,1-2H3/t19-,21+/m0/s1. The van der Waals surface area contributed by atoms with E-state index in [2.05, 4.69) is 30.1 Å². The Morgan fingerprint density at radius 1 is 1.10 bits per heavy atom. The van der Waals surface area contributed by atoms with Crippen molar-refractivity contribution < 1.29 is 9.53 Å². The van der Waals surface area contributed by atoms with Gasteiger partial charge in [-0.1, -0.05) is 36.4 Å². The van der Waals surface area contributed by atoms with Crippen LogP contribution in [0.5, 0.6) is 0 Å². The van der Waals surface area contributed by atoms with E-state index >= 15 is 0 Å². The lowest BCUT2D eigenvalue weighted by atomic mass is 9.83. The summed E-state index contributed by atoms with van der Waals surface area (Å²) < 4.78 is 7.03. The minimum absolute atomic E-state index is 0.126. The third kappa shape index (κ3) is 4.50. The van der Waals surface area contributed by atoms with Crippen molar-refractivity contribution in [2.75, 3.05) is 33.9 Å². The SMILES string of the molecule is COCCC(=O)N1C[C@@H]2C[C@H](C1)c1ccc(CN(C)Cc3ccccc3)c(=O)n1C2. The van der Waals surface area contributed by atoms with Gasteiger partial charge in [0.2, 0.25) is 5.91 Å². The van der Waals surface area contributed by atoms with Crippen LogP contribution >= 0.6 is 0 Å². The molecule has 1 amide bonds. The number of pyridine rings is 1. The van der Waals surface area contributed by atoms with Crippen LogP contribution in [-0.2, 0) is 29.2 Å². The van der Waals surface area contributed by atoms with Gasteiger partial charge < -0.3 is 14.2 Å². The number of fused-ring (bicyclic) bond motifs is 4. The van der Waals surface area contributed by atoms with Crippen LogP contribution in [-0.4, -0.2) is 54.1 Å². The molecule has 30 heavy (non-hydrogen) atoms. The third-order valence-corrected chi connectivity index (χ3v) is 6.29. The largest absolute Gasteiger partial charge is 0.384 e. The fourth-order valence-corrected chi connectivity index (χ4v) is 4.90. The number of piperidine rings is 1. The van der Waals surface area contributed by atoms with Crippen LogP contribution in [0.25, 0.3) is 0 Å². The van der Waals surface area contributed by atoms with Crippen molar-refractivity contribution in [3.8, 4) is 0 Å². The number of methoxy groups -OCH3 is 1. The van der Waals surface area contributed by atoms with Gasteiger partial charge in [0.05, 0.1) is 13.0 Å². The van der Waals surface area contributed by atoms with Crippen LogP contribution in [0.15, 0.2) is 47.3 Å². The Bertz CT molecular complexity index is 940. The second-order valence-electron chi connectivity index (χ2n) is 8.70. The highest BCUT2D eigenvalue weighted by Crippen LogP contribution is 2.35. The average Bonchev–Trinajstić information content (AvgIpc) is 2.75. The highest BCUT2D eigenvalue weighted by Gasteiger charge is 2.36. The van der Waals surface area contributed by atoms with Gasteiger partial charge in [-0.15, -0.1) is 0 Å². The summed E-state index contributed by atoms with van der Waals surface area (Å²) in [6.07, 6.45) is 1.48. The number of hydrogen-bond acceptors (Lipinski definition) is 4. The van der Waals surface area contributed by atoms with Crippen molar-refractivity contribution in [3.05, 3.63) is 69.6 Å². The molecule has 2 atom stereocenters. The van der Waals surface area contributed by atoms with Crippen LogP contribution in [0.2, 0.25) is 0 Å². The third-order valence-electron chi connectivity index (χ3n) is 6.29. The molecule has 1 saturated heterocycles. The van der Waals surface area contributed by atoms with Gasteiger partial charge in [0.15, 0.2) is 0 Å². The van der Waals surface area contributed by atoms with E-state index < -0.39 is 0 Å². The quantitative estimate of drug-likeness (QED) is 0.705. The van der Waals surface area contributed by atoms with Crippen molar-refractivity contribution in [1.82, 2.24) is 14.4 Å². The maximum absolute atomic E-state index is 13.2. The Balaban J connectivity index is 1.48. The minimum atomic E-state index is 0.126. The van der Waals surface area contributed by atoms with Crippen LogP contribution < -0.4 is 5.56 Å². The molecule has 0 spiro atoms. The first-order valence-corrected chi connectivity index (χ1v) is 10.8. The van der Waals surface area contributed by atoms with Gasteiger partial charge in [0.1, 0.15) is 0 Å². The first kappa shape index (κ1) is 20.8. The Morgan fingerprint density at radius 3 is 2.67 bits per heavy atom. The molecule has 0 unspecified atom stereocenters. The van der Waals surface area contributed by atoms with Crippen LogP contribution in [0.1, 0.15) is 35.6 Å². The molecule has 1 aromatic heterocycles. The highest BCUT2D eigenvalue weighted by atomic mass is 16.5. The second-order valence-corrected chi connectivity index (χ2v) is 8.70. The Labute approximate surface area is 178 Å². The molecule has 6 heteroatoms. The number of likely N-dealkylation sites (tertiary alicyclic amines) is 1. The van der Waals surface area contributed by atoms with E-state index in [1.807, 2.05) is 33.7 Å². The molecule has 3 heterocycles. The van der Waals surface area contributed by atoms with Gasteiger partial charge in [-0.25, -0.2) is 0 Å². The lowest BCUT2D eigenvalue weighted by Crippen LogP contribution is -2.49. The molecule has 2 aromatic rings. The van der Waals surface area contributed by atoms with E-state index in [1.165, 1.54) is 5.56 Å². The zero-order valence-corrected chi connectivity index (χ0v) is 17.9. The lowest BCUT2D eigenvalue weighted by Gasteiger charge is -2.43. The summed E-state index contributed by atoms with van der Waals surface area (Å²) in [4.78, 5) is 29.8. The molecule has 2 bridgehead atoms. The number of benzene rings is 1. The zero-order valence-electron chi connectivity index (χ0n) is 17.9. The van der Waals surface area contributed by atoms with Crippen molar-refractivity contribution in [1.29, 1.82) is 0 Å². The smallest absolute Gasteiger partial charge is 0.255 e. The van der Waals surface area contributed by atoms with Crippen LogP contribution in [0.3, 0.4) is 0 Å². The second kappa shape index (κ2) is 9.14. The van der Waals surface area contributed by atoms with Gasteiger partial charge >= 0.3 is 0 Å². The maximum atomic E-state index is 13.2. The summed E-state index contributed by atoms with van der Waals surface area (Å²) in [7, 11) is 3.67. The molecular formula is C24H31N3O3. The molecule has 0 radical (unpaired) electrons. The number of nitrogens with zero attached hydrogens (tertiary/aromatic N) is 3. The number of rotatable bonds is 7. The Hall–Kier alpha value is -2.44. The van der Waals surface area contributed by atoms with E-state index in [0.29, 0.717) is 38.6 Å². The van der Waals surface area contributed by atoms with Crippen LogP contribution in [0, 0.1) is 5.92 Å². The molecule has 0 N–H and O–H groups in total. The molecule has 0 aliphatic carbocycles. The molecule has 2 aliphatic rings. The number of aromatic nitrogens is 1. The van der Waals surface area contributed by atoms with E-state index in [1.54, 1.807) is 7.11 Å². The summed E-state index contributed by atoms with van der Waals surface area (Å²) in [6.45, 7) is 4.04. The first-order chi connectivity index (χ1) is 14.5. The van der Waals surface area contributed by atoms with Crippen molar-refractivity contribution in [2.45, 2.75) is 38.4 Å². The van der Waals surface area contributed by atoms with Gasteiger partial charge in [-0.05, 0) is 31.0 Å². The van der Waals surface area contributed by atoms with Gasteiger partial charge in [0, 0.05) is 57.0 Å². The van der Waals surface area contributed by atoms with Crippen LogP contribution in [0.4, 0.5) is 0 Å². The Morgan fingerprint density at radius 2 is 1.90 bits per heavy atom. The predicted molar refractivity (Wildman–Crippen MR) is 116 cm³/mol. The van der Waals surface area contributed by atoms with Crippen molar-refractivity contribution >= 4 is 5.91 Å². The van der Waals surface area contributed by atoms with Crippen molar-refractivity contribution in [3.63, 3.8) is 0 Å². The first-order valence-electron chi connectivity index (χ1n) is 10.8. The van der Waals surface area contributed by atoms with E-state index in [9.17, 15) is 9.59 Å². The normalized spacial score (nSPS) is 20.3. The van der Waals surface area contributed by atoms with E-state index in [0.717, 1.165) is 30.8 Å². The molecule has 2 aliphatic heterocycles. The zero-order chi connectivity index (χ0) is 21.1. The molecule has 1 fully saturated rings. The van der Waals surface area contributed by atoms with Gasteiger partial charge in [-0.3, -0.25) is 14.5 Å². The fraction of sp³-hybridized carbons (Fsp3) is 0.500. The molecule has 4 rings (SSSR count). The summed E-state index contributed by atoms with van der Waals surface area (Å²) in [5.74, 6) is 0.743. The minimum Gasteiger partial charge on any atom is -0.384 e. The van der Waals surface area contributed by atoms with Crippen molar-refractivity contribution in [2.24, 2.45) is 5.92 Å². The molecule has 160 valence electrons. The lowest BCUT2D eigenvalue weighted by molar-refractivity contribution is -0.134. The fourth-order valence-electron chi connectivity index (χ4n) is 4.90. The Kier molecular flexibility index (Phi) is 6.35. The predicted octanol–water partition coefficient (Wildman–Crippen LogP) is 2.46. The average molecular weight is 410 g/mol. The molecule has 1 aromatic carbocycles. The summed E-state index contributed by atoms with van der Waals surface area (Å²) in [5, 5.41) is 0. The molecule has 0 saturated carbocycles. The number of hydrogen-bond donors (Lipinski definition) is 0. The highest BCUT2D eigenvalue weighted by molar-refractivity contribution is 5.76. The summed E-state index contributed by atoms with van der Waals surface area (Å²) in [6, 6.07) is 14.4. The van der Waals surface area contributed by atoms with E-state index in [-0.39, 0.29) is 17.4 Å². The topological polar surface area (TPSA) is 54.8 Å². The van der Waals surface area contributed by atoms with Gasteiger partial charge in [-0.2, -0.15) is 0 Å².